The summed E-state index contributed by atoms with van der Waals surface area (Å²) in [7, 11) is 0. The first-order chi connectivity index (χ1) is 8.60. The molecular weight excluding hydrogens is 232 g/mol. The van der Waals surface area contributed by atoms with Crippen molar-refractivity contribution < 1.29 is 14.7 Å². The number of carboxylic acids is 1. The summed E-state index contributed by atoms with van der Waals surface area (Å²) in [5.74, 6) is 1.68. The van der Waals surface area contributed by atoms with Gasteiger partial charge in [0.1, 0.15) is 0 Å². The zero-order chi connectivity index (χ0) is 13.8. The number of hydrogen-bond donors (Lipinski definition) is 3. The number of carbonyl (C=O) groups is 2. The van der Waals surface area contributed by atoms with Crippen LogP contribution in [0.4, 0.5) is 4.79 Å². The Morgan fingerprint density at radius 2 is 2.06 bits per heavy atom. The summed E-state index contributed by atoms with van der Waals surface area (Å²) in [6.07, 6.45) is 8.39. The molecule has 1 atom stereocenters. The van der Waals surface area contributed by atoms with Gasteiger partial charge in [0.25, 0.3) is 0 Å². The highest BCUT2D eigenvalue weighted by Gasteiger charge is 2.11. The predicted octanol–water partition coefficient (Wildman–Crippen LogP) is 1.59. The number of terminal acetylenes is 1. The van der Waals surface area contributed by atoms with Crippen molar-refractivity contribution in [1.29, 1.82) is 0 Å². The van der Waals surface area contributed by atoms with E-state index in [1.807, 2.05) is 6.92 Å². The van der Waals surface area contributed by atoms with Gasteiger partial charge < -0.3 is 15.7 Å². The average molecular weight is 254 g/mol. The third kappa shape index (κ3) is 9.52. The van der Waals surface area contributed by atoms with Crippen LogP contribution < -0.4 is 10.6 Å². The van der Waals surface area contributed by atoms with Crippen LogP contribution in [0.3, 0.4) is 0 Å². The lowest BCUT2D eigenvalue weighted by Crippen LogP contribution is -2.39. The molecule has 0 aromatic carbocycles. The second-order valence-corrected chi connectivity index (χ2v) is 4.17. The Morgan fingerprint density at radius 3 is 2.61 bits per heavy atom. The lowest BCUT2D eigenvalue weighted by Gasteiger charge is -2.13. The highest BCUT2D eigenvalue weighted by Crippen LogP contribution is 2.06. The minimum Gasteiger partial charge on any atom is -0.481 e. The van der Waals surface area contributed by atoms with E-state index < -0.39 is 5.97 Å². The Bertz CT molecular complexity index is 297. The van der Waals surface area contributed by atoms with Crippen molar-refractivity contribution in [2.45, 2.75) is 39.0 Å². The van der Waals surface area contributed by atoms with Crippen molar-refractivity contribution >= 4 is 12.0 Å². The van der Waals surface area contributed by atoms with Crippen molar-refractivity contribution in [2.75, 3.05) is 13.1 Å². The van der Waals surface area contributed by atoms with Crippen LogP contribution in [0.25, 0.3) is 0 Å². The third-order valence-electron chi connectivity index (χ3n) is 2.63. The molecule has 0 radical (unpaired) electrons. The highest BCUT2D eigenvalue weighted by atomic mass is 16.4. The maximum absolute atomic E-state index is 11.4. The topological polar surface area (TPSA) is 78.4 Å². The van der Waals surface area contributed by atoms with Gasteiger partial charge in [0.05, 0.1) is 0 Å². The fraction of sp³-hybridized carbons (Fsp3) is 0.692. The van der Waals surface area contributed by atoms with E-state index in [9.17, 15) is 9.59 Å². The fourth-order valence-electron chi connectivity index (χ4n) is 1.46. The van der Waals surface area contributed by atoms with Gasteiger partial charge in [-0.25, -0.2) is 4.79 Å². The van der Waals surface area contributed by atoms with Crippen LogP contribution in [0.15, 0.2) is 0 Å². The first-order valence-electron chi connectivity index (χ1n) is 6.27. The lowest BCUT2D eigenvalue weighted by molar-refractivity contribution is -0.138. The van der Waals surface area contributed by atoms with E-state index in [4.69, 9.17) is 11.5 Å². The van der Waals surface area contributed by atoms with E-state index in [-0.39, 0.29) is 18.4 Å². The molecule has 0 rings (SSSR count). The predicted molar refractivity (Wildman–Crippen MR) is 70.1 cm³/mol. The van der Waals surface area contributed by atoms with E-state index in [1.165, 1.54) is 0 Å². The zero-order valence-electron chi connectivity index (χ0n) is 10.9. The molecule has 18 heavy (non-hydrogen) atoms. The summed E-state index contributed by atoms with van der Waals surface area (Å²) in [5, 5.41) is 14.0. The van der Waals surface area contributed by atoms with Crippen LogP contribution in [-0.2, 0) is 4.79 Å². The minimum absolute atomic E-state index is 0.0188. The number of carboxylic acid groups (broad SMARTS) is 1. The van der Waals surface area contributed by atoms with Gasteiger partial charge in [0, 0.05) is 25.9 Å². The Labute approximate surface area is 108 Å². The van der Waals surface area contributed by atoms with E-state index in [1.54, 1.807) is 0 Å². The maximum Gasteiger partial charge on any atom is 0.314 e. The second kappa shape index (κ2) is 10.5. The van der Waals surface area contributed by atoms with E-state index in [2.05, 4.69) is 16.6 Å². The van der Waals surface area contributed by atoms with E-state index >= 15 is 0 Å². The first kappa shape index (κ1) is 16.3. The lowest BCUT2D eigenvalue weighted by atomic mass is 10.0. The molecule has 0 aromatic heterocycles. The van der Waals surface area contributed by atoms with Crippen LogP contribution in [0, 0.1) is 18.3 Å². The largest absolute Gasteiger partial charge is 0.481 e. The standard InChI is InChI=1S/C13H22N2O3/c1-3-5-6-7-8-14-13(18)15-10-11(4-2)9-12(16)17/h1,11H,4-10H2,2H3,(H,16,17)(H2,14,15,18). The van der Waals surface area contributed by atoms with Gasteiger partial charge in [0.2, 0.25) is 0 Å². The Morgan fingerprint density at radius 1 is 1.33 bits per heavy atom. The number of unbranched alkanes of at least 4 members (excludes halogenated alkanes) is 2. The van der Waals surface area contributed by atoms with Gasteiger partial charge in [-0.2, -0.15) is 0 Å². The number of hydrogen-bond acceptors (Lipinski definition) is 2. The maximum atomic E-state index is 11.4. The Kier molecular flexibility index (Phi) is 9.47. The Hall–Kier alpha value is -1.70. The second-order valence-electron chi connectivity index (χ2n) is 4.17. The SMILES string of the molecule is C#CCCCCNC(=O)NCC(CC)CC(=O)O. The van der Waals surface area contributed by atoms with Crippen LogP contribution in [0.1, 0.15) is 39.0 Å². The molecule has 0 fully saturated rings. The van der Waals surface area contributed by atoms with E-state index in [0.717, 1.165) is 25.7 Å². The molecule has 5 heteroatoms. The van der Waals surface area contributed by atoms with Crippen LogP contribution in [0.5, 0.6) is 0 Å². The number of aliphatic carboxylic acids is 1. The molecule has 0 saturated carbocycles. The number of rotatable bonds is 9. The number of amides is 2. The molecule has 2 amide bonds. The molecule has 0 saturated heterocycles. The Balaban J connectivity index is 3.62. The number of urea groups is 1. The summed E-state index contributed by atoms with van der Waals surface area (Å²) >= 11 is 0. The number of nitrogens with one attached hydrogen (secondary N) is 2. The van der Waals surface area contributed by atoms with Crippen molar-refractivity contribution in [3.63, 3.8) is 0 Å². The van der Waals surface area contributed by atoms with Gasteiger partial charge in [-0.1, -0.05) is 13.3 Å². The van der Waals surface area contributed by atoms with Gasteiger partial charge >= 0.3 is 12.0 Å². The highest BCUT2D eigenvalue weighted by molar-refractivity contribution is 5.74. The van der Waals surface area contributed by atoms with Crippen LogP contribution in [-0.4, -0.2) is 30.2 Å². The quantitative estimate of drug-likeness (QED) is 0.432. The van der Waals surface area contributed by atoms with Gasteiger partial charge in [-0.05, 0) is 18.8 Å². The first-order valence-corrected chi connectivity index (χ1v) is 6.27. The smallest absolute Gasteiger partial charge is 0.314 e. The van der Waals surface area contributed by atoms with Gasteiger partial charge in [0.15, 0.2) is 0 Å². The van der Waals surface area contributed by atoms with Gasteiger partial charge in [-0.15, -0.1) is 12.3 Å². The molecule has 0 aromatic rings. The molecule has 0 aliphatic carbocycles. The average Bonchev–Trinajstić information content (AvgIpc) is 2.33. The van der Waals surface area contributed by atoms with Crippen molar-refractivity contribution in [3.05, 3.63) is 0 Å². The summed E-state index contributed by atoms with van der Waals surface area (Å²) in [6, 6.07) is -0.250. The molecule has 0 heterocycles. The monoisotopic (exact) mass is 254 g/mol. The summed E-state index contributed by atoms with van der Waals surface area (Å²) in [6.45, 7) is 2.88. The third-order valence-corrected chi connectivity index (χ3v) is 2.63. The van der Waals surface area contributed by atoms with Crippen molar-refractivity contribution in [1.82, 2.24) is 10.6 Å². The van der Waals surface area contributed by atoms with Gasteiger partial charge in [-0.3, -0.25) is 4.79 Å². The molecule has 5 nitrogen and oxygen atoms in total. The fourth-order valence-corrected chi connectivity index (χ4v) is 1.46. The molecule has 0 spiro atoms. The summed E-state index contributed by atoms with van der Waals surface area (Å²) in [4.78, 5) is 21.9. The van der Waals surface area contributed by atoms with Crippen molar-refractivity contribution in [3.8, 4) is 12.3 Å². The molecule has 0 aliphatic heterocycles. The molecule has 0 bridgehead atoms. The van der Waals surface area contributed by atoms with E-state index in [0.29, 0.717) is 13.1 Å². The summed E-state index contributed by atoms with van der Waals surface area (Å²) < 4.78 is 0. The molecule has 0 aliphatic rings. The zero-order valence-corrected chi connectivity index (χ0v) is 10.9. The normalized spacial score (nSPS) is 11.3. The molecular formula is C13H22N2O3. The summed E-state index contributed by atoms with van der Waals surface area (Å²) in [5.41, 5.74) is 0. The van der Waals surface area contributed by atoms with Crippen LogP contribution >= 0.6 is 0 Å². The minimum atomic E-state index is -0.835. The van der Waals surface area contributed by atoms with Crippen LogP contribution in [0.2, 0.25) is 0 Å². The van der Waals surface area contributed by atoms with Crippen molar-refractivity contribution in [2.24, 2.45) is 5.92 Å². The molecule has 3 N–H and O–H groups in total. The molecule has 102 valence electrons. The number of carbonyl (C=O) groups excluding carboxylic acids is 1. The molecule has 1 unspecified atom stereocenters.